The first kappa shape index (κ1) is 14.4. The molecule has 0 bridgehead atoms. The van der Waals surface area contributed by atoms with Gasteiger partial charge in [-0.2, -0.15) is 0 Å². The predicted molar refractivity (Wildman–Crippen MR) is 73.8 cm³/mol. The van der Waals surface area contributed by atoms with Gasteiger partial charge in [0.15, 0.2) is 11.6 Å². The van der Waals surface area contributed by atoms with Gasteiger partial charge in [-0.1, -0.05) is 32.3 Å². The second kappa shape index (κ2) is 6.47. The molecular formula is C16H23F2N. The van der Waals surface area contributed by atoms with E-state index in [4.69, 9.17) is 5.73 Å². The van der Waals surface area contributed by atoms with Crippen molar-refractivity contribution >= 4 is 0 Å². The van der Waals surface area contributed by atoms with Crippen LogP contribution in [0.3, 0.4) is 0 Å². The molecule has 1 unspecified atom stereocenters. The molecule has 1 saturated carbocycles. The fourth-order valence-electron chi connectivity index (χ4n) is 3.13. The van der Waals surface area contributed by atoms with Crippen molar-refractivity contribution < 1.29 is 8.78 Å². The van der Waals surface area contributed by atoms with Gasteiger partial charge >= 0.3 is 0 Å². The molecule has 0 aromatic heterocycles. The molecule has 1 aliphatic rings. The summed E-state index contributed by atoms with van der Waals surface area (Å²) in [4.78, 5) is 0. The Bertz CT molecular complexity index is 411. The molecule has 0 heterocycles. The van der Waals surface area contributed by atoms with Gasteiger partial charge in [-0.15, -0.1) is 0 Å². The molecular weight excluding hydrogens is 244 g/mol. The number of halogens is 2. The molecule has 2 N–H and O–H groups in total. The van der Waals surface area contributed by atoms with Gasteiger partial charge in [0.1, 0.15) is 0 Å². The lowest BCUT2D eigenvalue weighted by atomic mass is 9.76. The molecule has 1 aromatic carbocycles. The van der Waals surface area contributed by atoms with E-state index in [1.165, 1.54) is 44.2 Å². The van der Waals surface area contributed by atoms with Gasteiger partial charge in [0.05, 0.1) is 0 Å². The summed E-state index contributed by atoms with van der Waals surface area (Å²) in [5, 5.41) is 0. The molecule has 19 heavy (non-hydrogen) atoms. The van der Waals surface area contributed by atoms with Crippen LogP contribution in [-0.4, -0.2) is 6.04 Å². The second-order valence-electron chi connectivity index (χ2n) is 5.81. The van der Waals surface area contributed by atoms with E-state index in [9.17, 15) is 8.78 Å². The smallest absolute Gasteiger partial charge is 0.159 e. The van der Waals surface area contributed by atoms with Crippen LogP contribution in [-0.2, 0) is 6.42 Å². The van der Waals surface area contributed by atoms with Crippen molar-refractivity contribution in [3.63, 3.8) is 0 Å². The molecule has 1 fully saturated rings. The van der Waals surface area contributed by atoms with Gasteiger partial charge in [-0.25, -0.2) is 8.78 Å². The van der Waals surface area contributed by atoms with Gasteiger partial charge in [-0.05, 0) is 48.8 Å². The van der Waals surface area contributed by atoms with Crippen LogP contribution in [0.5, 0.6) is 0 Å². The molecule has 1 aromatic rings. The molecule has 1 nitrogen and oxygen atoms in total. The van der Waals surface area contributed by atoms with Crippen LogP contribution in [0.4, 0.5) is 8.78 Å². The highest BCUT2D eigenvalue weighted by molar-refractivity contribution is 5.19. The maximum atomic E-state index is 13.2. The lowest BCUT2D eigenvalue weighted by Gasteiger charge is -2.31. The molecule has 1 atom stereocenters. The highest BCUT2D eigenvalue weighted by Gasteiger charge is 2.24. The largest absolute Gasteiger partial charge is 0.327 e. The maximum Gasteiger partial charge on any atom is 0.159 e. The van der Waals surface area contributed by atoms with E-state index in [1.54, 1.807) is 6.07 Å². The molecule has 1 aliphatic carbocycles. The minimum atomic E-state index is -0.791. The molecule has 2 rings (SSSR count). The van der Waals surface area contributed by atoms with Crippen molar-refractivity contribution in [2.45, 2.75) is 51.5 Å². The Kier molecular flexibility index (Phi) is 4.92. The molecule has 0 spiro atoms. The van der Waals surface area contributed by atoms with Crippen molar-refractivity contribution in [3.05, 3.63) is 35.4 Å². The third kappa shape index (κ3) is 3.75. The zero-order valence-corrected chi connectivity index (χ0v) is 11.5. The van der Waals surface area contributed by atoms with Crippen LogP contribution < -0.4 is 5.73 Å². The monoisotopic (exact) mass is 267 g/mol. The summed E-state index contributed by atoms with van der Waals surface area (Å²) in [5.74, 6) is -0.192. The van der Waals surface area contributed by atoms with E-state index in [2.05, 4.69) is 6.92 Å². The van der Waals surface area contributed by atoms with Crippen LogP contribution in [0.1, 0.15) is 44.6 Å². The number of benzene rings is 1. The Balaban J connectivity index is 1.90. The number of rotatable bonds is 4. The first-order valence-corrected chi connectivity index (χ1v) is 7.29. The summed E-state index contributed by atoms with van der Waals surface area (Å²) >= 11 is 0. The molecule has 0 amide bonds. The normalized spacial score (nSPS) is 25.3. The summed E-state index contributed by atoms with van der Waals surface area (Å²) in [5.41, 5.74) is 7.03. The number of hydrogen-bond acceptors (Lipinski definition) is 1. The first-order valence-electron chi connectivity index (χ1n) is 7.29. The van der Waals surface area contributed by atoms with Gasteiger partial charge in [0.2, 0.25) is 0 Å². The van der Waals surface area contributed by atoms with Crippen molar-refractivity contribution in [2.75, 3.05) is 0 Å². The van der Waals surface area contributed by atoms with Crippen LogP contribution >= 0.6 is 0 Å². The molecule has 3 heteroatoms. The van der Waals surface area contributed by atoms with E-state index in [0.717, 1.165) is 11.5 Å². The molecule has 0 aliphatic heterocycles. The lowest BCUT2D eigenvalue weighted by molar-refractivity contribution is 0.238. The van der Waals surface area contributed by atoms with Crippen molar-refractivity contribution in [2.24, 2.45) is 17.6 Å². The van der Waals surface area contributed by atoms with Gasteiger partial charge in [0, 0.05) is 6.04 Å². The minimum absolute atomic E-state index is 0.0580. The SMILES string of the molecule is CCC1CCC(C(N)Cc2ccc(F)c(F)c2)CC1. The second-order valence-corrected chi connectivity index (χ2v) is 5.81. The highest BCUT2D eigenvalue weighted by Crippen LogP contribution is 2.32. The fraction of sp³-hybridized carbons (Fsp3) is 0.625. The van der Waals surface area contributed by atoms with Crippen LogP contribution in [0.25, 0.3) is 0 Å². The van der Waals surface area contributed by atoms with Crippen molar-refractivity contribution in [1.29, 1.82) is 0 Å². The predicted octanol–water partition coefficient (Wildman–Crippen LogP) is 4.05. The lowest BCUT2D eigenvalue weighted by Crippen LogP contribution is -2.34. The van der Waals surface area contributed by atoms with Crippen LogP contribution in [0, 0.1) is 23.5 Å². The van der Waals surface area contributed by atoms with Gasteiger partial charge in [0.25, 0.3) is 0 Å². The summed E-state index contributed by atoms with van der Waals surface area (Å²) in [6, 6.07) is 4.15. The fourth-order valence-corrected chi connectivity index (χ4v) is 3.13. The molecule has 0 saturated heterocycles. The van der Waals surface area contributed by atoms with Crippen molar-refractivity contribution in [3.8, 4) is 0 Å². The summed E-state index contributed by atoms with van der Waals surface area (Å²) in [7, 11) is 0. The van der Waals surface area contributed by atoms with Crippen molar-refractivity contribution in [1.82, 2.24) is 0 Å². The average molecular weight is 267 g/mol. The van der Waals surface area contributed by atoms with E-state index in [-0.39, 0.29) is 6.04 Å². The Hall–Kier alpha value is -0.960. The van der Waals surface area contributed by atoms with E-state index >= 15 is 0 Å². The minimum Gasteiger partial charge on any atom is -0.327 e. The highest BCUT2D eigenvalue weighted by atomic mass is 19.2. The first-order chi connectivity index (χ1) is 9.10. The van der Waals surface area contributed by atoms with Crippen LogP contribution in [0.2, 0.25) is 0 Å². The third-order valence-electron chi connectivity index (χ3n) is 4.53. The standard InChI is InChI=1S/C16H23F2N/c1-2-11-3-6-13(7-4-11)16(19)10-12-5-8-14(17)15(18)9-12/h5,8-9,11,13,16H,2-4,6-7,10,19H2,1H3. The topological polar surface area (TPSA) is 26.0 Å². The zero-order chi connectivity index (χ0) is 13.8. The Morgan fingerprint density at radius 1 is 1.16 bits per heavy atom. The van der Waals surface area contributed by atoms with Gasteiger partial charge in [-0.3, -0.25) is 0 Å². The Morgan fingerprint density at radius 3 is 2.42 bits per heavy atom. The Morgan fingerprint density at radius 2 is 1.84 bits per heavy atom. The summed E-state index contributed by atoms with van der Waals surface area (Å²) in [6.45, 7) is 2.24. The van der Waals surface area contributed by atoms with Crippen LogP contribution in [0.15, 0.2) is 18.2 Å². The summed E-state index contributed by atoms with van der Waals surface area (Å²) in [6.07, 6.45) is 6.75. The zero-order valence-electron chi connectivity index (χ0n) is 11.5. The average Bonchev–Trinajstić information content (AvgIpc) is 2.43. The van der Waals surface area contributed by atoms with E-state index in [0.29, 0.717) is 12.3 Å². The summed E-state index contributed by atoms with van der Waals surface area (Å²) < 4.78 is 26.0. The molecule has 0 radical (unpaired) electrons. The maximum absolute atomic E-state index is 13.2. The van der Waals surface area contributed by atoms with Gasteiger partial charge < -0.3 is 5.73 Å². The number of hydrogen-bond donors (Lipinski definition) is 1. The van der Waals surface area contributed by atoms with E-state index < -0.39 is 11.6 Å². The number of nitrogens with two attached hydrogens (primary N) is 1. The third-order valence-corrected chi connectivity index (χ3v) is 4.53. The molecule has 106 valence electrons. The van der Waals surface area contributed by atoms with E-state index in [1.807, 2.05) is 0 Å². The quantitative estimate of drug-likeness (QED) is 0.875. The Labute approximate surface area is 114 Å².